The van der Waals surface area contributed by atoms with E-state index in [1.54, 1.807) is 6.07 Å². The number of sulfonamides is 1. The summed E-state index contributed by atoms with van der Waals surface area (Å²) in [5, 5.41) is 6.71. The van der Waals surface area contributed by atoms with Gasteiger partial charge in [0.05, 0.1) is 4.90 Å². The first-order chi connectivity index (χ1) is 9.79. The van der Waals surface area contributed by atoms with Crippen molar-refractivity contribution in [3.63, 3.8) is 0 Å². The molecule has 0 aliphatic carbocycles. The maximum atomic E-state index is 12.2. The van der Waals surface area contributed by atoms with Gasteiger partial charge in [-0.05, 0) is 25.0 Å². The van der Waals surface area contributed by atoms with Gasteiger partial charge in [0, 0.05) is 17.3 Å². The summed E-state index contributed by atoms with van der Waals surface area (Å²) < 4.78 is 26.8. The number of Topliss-reactive ketones (excluding diaryl/α,β-unsaturated/α-hetero) is 1. The minimum atomic E-state index is -3.71. The lowest BCUT2D eigenvalue weighted by molar-refractivity contribution is 0.101. The zero-order valence-electron chi connectivity index (χ0n) is 12.0. The third-order valence-corrected chi connectivity index (χ3v) is 4.40. The van der Waals surface area contributed by atoms with Crippen LogP contribution in [0.5, 0.6) is 0 Å². The molecular formula is C14H17N3O3S. The van der Waals surface area contributed by atoms with Crippen molar-refractivity contribution in [3.05, 3.63) is 41.6 Å². The number of rotatable bonds is 5. The molecule has 0 bridgehead atoms. The number of nitrogens with zero attached hydrogens (tertiary/aromatic N) is 1. The van der Waals surface area contributed by atoms with Crippen LogP contribution in [0.4, 0.5) is 5.82 Å². The molecule has 0 radical (unpaired) electrons. The highest BCUT2D eigenvalue weighted by atomic mass is 32.2. The highest BCUT2D eigenvalue weighted by molar-refractivity contribution is 7.92. The summed E-state index contributed by atoms with van der Waals surface area (Å²) in [5.41, 5.74) is 1.32. The molecule has 7 heteroatoms. The standard InChI is InChI=1S/C14H17N3O3S/c1-9(2)13-8-14(16-15-13)17-21(19,20)12-6-4-11(5-7-12)10(3)18/h4-9H,1-3H3,(H2,15,16,17). The topological polar surface area (TPSA) is 91.9 Å². The van der Waals surface area contributed by atoms with Crippen molar-refractivity contribution in [2.75, 3.05) is 4.72 Å². The van der Waals surface area contributed by atoms with Crippen LogP contribution in [-0.4, -0.2) is 24.4 Å². The van der Waals surface area contributed by atoms with E-state index in [-0.39, 0.29) is 22.4 Å². The second-order valence-corrected chi connectivity index (χ2v) is 6.73. The average Bonchev–Trinajstić information content (AvgIpc) is 2.87. The molecule has 0 fully saturated rings. The molecule has 0 atom stereocenters. The van der Waals surface area contributed by atoms with E-state index in [0.717, 1.165) is 5.69 Å². The molecule has 1 aromatic carbocycles. The van der Waals surface area contributed by atoms with Crippen LogP contribution < -0.4 is 4.72 Å². The molecule has 0 saturated carbocycles. The van der Waals surface area contributed by atoms with E-state index in [1.165, 1.54) is 31.2 Å². The average molecular weight is 307 g/mol. The lowest BCUT2D eigenvalue weighted by atomic mass is 10.1. The van der Waals surface area contributed by atoms with Gasteiger partial charge in [0.25, 0.3) is 10.0 Å². The van der Waals surface area contributed by atoms with E-state index in [4.69, 9.17) is 0 Å². The van der Waals surface area contributed by atoms with E-state index in [1.807, 2.05) is 13.8 Å². The number of aromatic amines is 1. The number of nitrogens with one attached hydrogen (secondary N) is 2. The molecule has 0 aliphatic rings. The van der Waals surface area contributed by atoms with Crippen LogP contribution in [0.25, 0.3) is 0 Å². The Hall–Kier alpha value is -2.15. The molecule has 1 aromatic heterocycles. The number of hydrogen-bond donors (Lipinski definition) is 2. The number of hydrogen-bond acceptors (Lipinski definition) is 4. The van der Waals surface area contributed by atoms with Crippen LogP contribution in [0.15, 0.2) is 35.2 Å². The third kappa shape index (κ3) is 3.49. The first-order valence-electron chi connectivity index (χ1n) is 6.49. The predicted molar refractivity (Wildman–Crippen MR) is 79.9 cm³/mol. The Morgan fingerprint density at radius 3 is 2.33 bits per heavy atom. The fraction of sp³-hybridized carbons (Fsp3) is 0.286. The predicted octanol–water partition coefficient (Wildman–Crippen LogP) is 2.54. The van der Waals surface area contributed by atoms with Crippen molar-refractivity contribution in [2.24, 2.45) is 0 Å². The third-order valence-electron chi connectivity index (χ3n) is 3.03. The summed E-state index contributed by atoms with van der Waals surface area (Å²) in [6, 6.07) is 7.43. The van der Waals surface area contributed by atoms with Crippen LogP contribution >= 0.6 is 0 Å². The summed E-state index contributed by atoms with van der Waals surface area (Å²) in [4.78, 5) is 11.3. The summed E-state index contributed by atoms with van der Waals surface area (Å²) in [5.74, 6) is 0.362. The quantitative estimate of drug-likeness (QED) is 0.830. The van der Waals surface area contributed by atoms with E-state index in [2.05, 4.69) is 14.9 Å². The molecule has 0 amide bonds. The SMILES string of the molecule is CC(=O)c1ccc(S(=O)(=O)Nc2cc(C(C)C)[nH]n2)cc1. The maximum absolute atomic E-state index is 12.2. The van der Waals surface area contributed by atoms with E-state index in [0.29, 0.717) is 5.56 Å². The zero-order valence-corrected chi connectivity index (χ0v) is 12.9. The Morgan fingerprint density at radius 1 is 1.24 bits per heavy atom. The molecule has 0 aliphatic heterocycles. The minimum absolute atomic E-state index is 0.0848. The number of anilines is 1. The minimum Gasteiger partial charge on any atom is -0.295 e. The molecule has 0 saturated heterocycles. The van der Waals surface area contributed by atoms with Gasteiger partial charge in [-0.2, -0.15) is 5.10 Å². The Bertz CT molecular complexity index is 746. The number of benzene rings is 1. The largest absolute Gasteiger partial charge is 0.295 e. The van der Waals surface area contributed by atoms with Gasteiger partial charge in [0.15, 0.2) is 11.6 Å². The highest BCUT2D eigenvalue weighted by Gasteiger charge is 2.16. The van der Waals surface area contributed by atoms with Gasteiger partial charge in [-0.1, -0.05) is 26.0 Å². The molecule has 2 N–H and O–H groups in total. The van der Waals surface area contributed by atoms with Gasteiger partial charge in [0.2, 0.25) is 0 Å². The second kappa shape index (κ2) is 5.69. The normalized spacial score (nSPS) is 11.6. The van der Waals surface area contributed by atoms with Crippen molar-refractivity contribution in [1.29, 1.82) is 0 Å². The van der Waals surface area contributed by atoms with E-state index >= 15 is 0 Å². The van der Waals surface area contributed by atoms with Crippen molar-refractivity contribution in [2.45, 2.75) is 31.6 Å². The fourth-order valence-electron chi connectivity index (χ4n) is 1.75. The molecule has 112 valence electrons. The molecule has 2 rings (SSSR count). The van der Waals surface area contributed by atoms with Gasteiger partial charge >= 0.3 is 0 Å². The lowest BCUT2D eigenvalue weighted by Crippen LogP contribution is -2.13. The molecule has 6 nitrogen and oxygen atoms in total. The Labute approximate surface area is 123 Å². The number of carbonyl (C=O) groups is 1. The first-order valence-corrected chi connectivity index (χ1v) is 7.97. The first kappa shape index (κ1) is 15.2. The Kier molecular flexibility index (Phi) is 4.13. The van der Waals surface area contributed by atoms with Gasteiger partial charge < -0.3 is 0 Å². The van der Waals surface area contributed by atoms with Crippen LogP contribution in [-0.2, 0) is 10.0 Å². The fourth-order valence-corrected chi connectivity index (χ4v) is 2.74. The van der Waals surface area contributed by atoms with Crippen LogP contribution in [0, 0.1) is 0 Å². The molecule has 2 aromatic rings. The summed E-state index contributed by atoms with van der Waals surface area (Å²) in [6.45, 7) is 5.39. The summed E-state index contributed by atoms with van der Waals surface area (Å²) in [6.07, 6.45) is 0. The monoisotopic (exact) mass is 307 g/mol. The Morgan fingerprint density at radius 2 is 1.86 bits per heavy atom. The van der Waals surface area contributed by atoms with Gasteiger partial charge in [-0.3, -0.25) is 14.6 Å². The second-order valence-electron chi connectivity index (χ2n) is 5.05. The van der Waals surface area contributed by atoms with Crippen molar-refractivity contribution >= 4 is 21.6 Å². The van der Waals surface area contributed by atoms with Crippen molar-refractivity contribution < 1.29 is 13.2 Å². The molecule has 0 unspecified atom stereocenters. The smallest absolute Gasteiger partial charge is 0.263 e. The molecule has 0 spiro atoms. The van der Waals surface area contributed by atoms with E-state index < -0.39 is 10.0 Å². The number of H-pyrrole nitrogens is 1. The number of aromatic nitrogens is 2. The maximum Gasteiger partial charge on any atom is 0.263 e. The summed E-state index contributed by atoms with van der Waals surface area (Å²) >= 11 is 0. The van der Waals surface area contributed by atoms with Crippen molar-refractivity contribution in [1.82, 2.24) is 10.2 Å². The molecule has 21 heavy (non-hydrogen) atoms. The van der Waals surface area contributed by atoms with Gasteiger partial charge in [-0.25, -0.2) is 8.42 Å². The Balaban J connectivity index is 2.22. The zero-order chi connectivity index (χ0) is 15.6. The van der Waals surface area contributed by atoms with Crippen LogP contribution in [0.2, 0.25) is 0 Å². The summed E-state index contributed by atoms with van der Waals surface area (Å²) in [7, 11) is -3.71. The van der Waals surface area contributed by atoms with E-state index in [9.17, 15) is 13.2 Å². The number of carbonyl (C=O) groups excluding carboxylic acids is 1. The molecular weight excluding hydrogens is 290 g/mol. The van der Waals surface area contributed by atoms with Crippen LogP contribution in [0.1, 0.15) is 42.7 Å². The molecule has 1 heterocycles. The lowest BCUT2D eigenvalue weighted by Gasteiger charge is -2.05. The number of ketones is 1. The van der Waals surface area contributed by atoms with Gasteiger partial charge in [-0.15, -0.1) is 0 Å². The van der Waals surface area contributed by atoms with Gasteiger partial charge in [0.1, 0.15) is 0 Å². The van der Waals surface area contributed by atoms with Crippen LogP contribution in [0.3, 0.4) is 0 Å². The highest BCUT2D eigenvalue weighted by Crippen LogP contribution is 2.19. The van der Waals surface area contributed by atoms with Crippen molar-refractivity contribution in [3.8, 4) is 0 Å².